The molecule has 0 bridgehead atoms. The van der Waals surface area contributed by atoms with Crippen molar-refractivity contribution in [2.45, 2.75) is 11.3 Å². The highest BCUT2D eigenvalue weighted by Crippen LogP contribution is 2.30. The van der Waals surface area contributed by atoms with Crippen molar-refractivity contribution in [2.75, 3.05) is 13.1 Å². The van der Waals surface area contributed by atoms with Crippen LogP contribution in [0.5, 0.6) is 0 Å². The van der Waals surface area contributed by atoms with E-state index in [0.29, 0.717) is 12.5 Å². The van der Waals surface area contributed by atoms with Gasteiger partial charge in [-0.3, -0.25) is 0 Å². The van der Waals surface area contributed by atoms with E-state index in [1.54, 1.807) is 6.20 Å². The van der Waals surface area contributed by atoms with E-state index in [2.05, 4.69) is 9.97 Å². The predicted molar refractivity (Wildman–Crippen MR) is 93.8 cm³/mol. The van der Waals surface area contributed by atoms with Crippen molar-refractivity contribution in [2.24, 2.45) is 0 Å². The van der Waals surface area contributed by atoms with Crippen molar-refractivity contribution in [3.05, 3.63) is 66.0 Å². The van der Waals surface area contributed by atoms with Crippen LogP contribution in [0.3, 0.4) is 0 Å². The summed E-state index contributed by atoms with van der Waals surface area (Å²) in [7, 11) is -4.02. The maximum Gasteiger partial charge on any atom is 0.246 e. The molecule has 0 amide bonds. The zero-order chi connectivity index (χ0) is 18.3. The summed E-state index contributed by atoms with van der Waals surface area (Å²) in [5.41, 5.74) is 2.76. The molecule has 0 aliphatic carbocycles. The lowest BCUT2D eigenvalue weighted by molar-refractivity contribution is 0.435. The van der Waals surface area contributed by atoms with Gasteiger partial charge in [0.15, 0.2) is 0 Å². The van der Waals surface area contributed by atoms with E-state index in [1.165, 1.54) is 4.31 Å². The van der Waals surface area contributed by atoms with Gasteiger partial charge in [-0.2, -0.15) is 4.31 Å². The molecular formula is C18H15F2N3O2S. The lowest BCUT2D eigenvalue weighted by Crippen LogP contribution is -2.35. The first-order valence-electron chi connectivity index (χ1n) is 8.03. The van der Waals surface area contributed by atoms with E-state index in [0.717, 1.165) is 34.3 Å². The number of hydrogen-bond donors (Lipinski definition) is 1. The third-order valence-electron chi connectivity index (χ3n) is 4.48. The maximum atomic E-state index is 13.9. The molecule has 134 valence electrons. The first-order chi connectivity index (χ1) is 12.5. The summed E-state index contributed by atoms with van der Waals surface area (Å²) < 4.78 is 53.4. The largest absolute Gasteiger partial charge is 0.346 e. The average molecular weight is 375 g/mol. The van der Waals surface area contributed by atoms with Gasteiger partial charge in [-0.15, -0.1) is 0 Å². The number of pyridine rings is 1. The number of sulfonamides is 1. The molecule has 1 aromatic carbocycles. The SMILES string of the molecule is O=S(=O)(c1ccc(F)cc1F)N1CC=C(c2c[nH]c3ncccc23)CC1. The van der Waals surface area contributed by atoms with Crippen molar-refractivity contribution in [3.8, 4) is 0 Å². The first kappa shape index (κ1) is 16.9. The fraction of sp³-hybridized carbons (Fsp3) is 0.167. The van der Waals surface area contributed by atoms with Crippen molar-refractivity contribution in [1.29, 1.82) is 0 Å². The predicted octanol–water partition coefficient (Wildman–Crippen LogP) is 3.32. The molecule has 0 saturated heterocycles. The van der Waals surface area contributed by atoms with Crippen LogP contribution in [0.1, 0.15) is 12.0 Å². The molecule has 1 aliphatic rings. The maximum absolute atomic E-state index is 13.9. The minimum Gasteiger partial charge on any atom is -0.346 e. The number of nitrogens with zero attached hydrogens (tertiary/aromatic N) is 2. The Kier molecular flexibility index (Phi) is 4.08. The molecule has 26 heavy (non-hydrogen) atoms. The second kappa shape index (κ2) is 6.30. The van der Waals surface area contributed by atoms with Crippen molar-refractivity contribution in [3.63, 3.8) is 0 Å². The number of hydrogen-bond acceptors (Lipinski definition) is 3. The number of benzene rings is 1. The fourth-order valence-corrected chi connectivity index (χ4v) is 4.58. The van der Waals surface area contributed by atoms with E-state index < -0.39 is 26.6 Å². The molecule has 0 fully saturated rings. The van der Waals surface area contributed by atoms with Crippen LogP contribution >= 0.6 is 0 Å². The Bertz CT molecular complexity index is 1120. The minimum absolute atomic E-state index is 0.126. The van der Waals surface area contributed by atoms with Gasteiger partial charge in [-0.25, -0.2) is 22.2 Å². The molecule has 0 spiro atoms. The number of aromatic amines is 1. The molecule has 0 atom stereocenters. The summed E-state index contributed by atoms with van der Waals surface area (Å²) in [4.78, 5) is 6.84. The van der Waals surface area contributed by atoms with Crippen LogP contribution in [0.25, 0.3) is 16.6 Å². The zero-order valence-electron chi connectivity index (χ0n) is 13.6. The molecule has 8 heteroatoms. The highest BCUT2D eigenvalue weighted by Gasteiger charge is 2.29. The number of halogens is 2. The summed E-state index contributed by atoms with van der Waals surface area (Å²) in [5, 5.41) is 0.972. The lowest BCUT2D eigenvalue weighted by Gasteiger charge is -2.26. The van der Waals surface area contributed by atoms with Crippen LogP contribution in [0.4, 0.5) is 8.78 Å². The molecule has 1 N–H and O–H groups in total. The Hall–Kier alpha value is -2.58. The standard InChI is InChI=1S/C18H15F2N3O2S/c19-13-3-4-17(16(20)10-13)26(24,25)23-8-5-12(6-9-23)15-11-22-18-14(15)2-1-7-21-18/h1-5,7,10-11H,6,8-9H2,(H,21,22). The quantitative estimate of drug-likeness (QED) is 0.764. The highest BCUT2D eigenvalue weighted by atomic mass is 32.2. The lowest BCUT2D eigenvalue weighted by atomic mass is 10.0. The molecular weight excluding hydrogens is 360 g/mol. The highest BCUT2D eigenvalue weighted by molar-refractivity contribution is 7.89. The van der Waals surface area contributed by atoms with E-state index in [-0.39, 0.29) is 13.1 Å². The normalized spacial score (nSPS) is 16.0. The second-order valence-electron chi connectivity index (χ2n) is 6.02. The molecule has 0 unspecified atom stereocenters. The van der Waals surface area contributed by atoms with Gasteiger partial charge in [0.25, 0.3) is 0 Å². The van der Waals surface area contributed by atoms with Gasteiger partial charge in [0.05, 0.1) is 0 Å². The Morgan fingerprint density at radius 1 is 1.19 bits per heavy atom. The number of nitrogens with one attached hydrogen (secondary N) is 1. The van der Waals surface area contributed by atoms with Gasteiger partial charge in [0.2, 0.25) is 10.0 Å². The summed E-state index contributed by atoms with van der Waals surface area (Å²) in [5.74, 6) is -1.89. The molecule has 0 radical (unpaired) electrons. The summed E-state index contributed by atoms with van der Waals surface area (Å²) in [6.45, 7) is 0.347. The first-order valence-corrected chi connectivity index (χ1v) is 9.47. The van der Waals surface area contributed by atoms with Gasteiger partial charge in [0.1, 0.15) is 22.2 Å². The van der Waals surface area contributed by atoms with Crippen LogP contribution < -0.4 is 0 Å². The molecule has 5 nitrogen and oxygen atoms in total. The molecule has 2 aromatic heterocycles. The van der Waals surface area contributed by atoms with E-state index in [9.17, 15) is 17.2 Å². The van der Waals surface area contributed by atoms with Gasteiger partial charge in [-0.1, -0.05) is 6.08 Å². The number of fused-ring (bicyclic) bond motifs is 1. The fourth-order valence-electron chi connectivity index (χ4n) is 3.16. The molecule has 1 aliphatic heterocycles. The zero-order valence-corrected chi connectivity index (χ0v) is 14.4. The van der Waals surface area contributed by atoms with Crippen LogP contribution in [0, 0.1) is 11.6 Å². The second-order valence-corrected chi connectivity index (χ2v) is 7.93. The molecule has 3 aromatic rings. The smallest absolute Gasteiger partial charge is 0.246 e. The van der Waals surface area contributed by atoms with Crippen LogP contribution in [-0.2, 0) is 10.0 Å². The van der Waals surface area contributed by atoms with E-state index in [4.69, 9.17) is 0 Å². The number of rotatable bonds is 3. The van der Waals surface area contributed by atoms with Gasteiger partial charge < -0.3 is 4.98 Å². The Morgan fingerprint density at radius 3 is 2.77 bits per heavy atom. The third-order valence-corrected chi connectivity index (χ3v) is 6.38. The Balaban J connectivity index is 1.63. The molecule has 3 heterocycles. The van der Waals surface area contributed by atoms with Crippen LogP contribution in [-0.4, -0.2) is 35.8 Å². The number of H-pyrrole nitrogens is 1. The summed E-state index contributed by atoms with van der Waals surface area (Å²) in [6.07, 6.45) is 5.86. The summed E-state index contributed by atoms with van der Waals surface area (Å²) >= 11 is 0. The van der Waals surface area contributed by atoms with Gasteiger partial charge in [-0.05, 0) is 36.3 Å². The summed E-state index contributed by atoms with van der Waals surface area (Å²) in [6, 6.07) is 6.28. The minimum atomic E-state index is -4.02. The van der Waals surface area contributed by atoms with Crippen LogP contribution in [0.15, 0.2) is 53.7 Å². The van der Waals surface area contributed by atoms with Gasteiger partial charge >= 0.3 is 0 Å². The number of aromatic nitrogens is 2. The van der Waals surface area contributed by atoms with Crippen molar-refractivity contribution >= 4 is 26.6 Å². The topological polar surface area (TPSA) is 66.1 Å². The Labute approximate surface area is 149 Å². The molecule has 0 saturated carbocycles. The van der Waals surface area contributed by atoms with Gasteiger partial charge in [0, 0.05) is 42.5 Å². The van der Waals surface area contributed by atoms with Crippen LogP contribution in [0.2, 0.25) is 0 Å². The molecule has 4 rings (SSSR count). The van der Waals surface area contributed by atoms with E-state index in [1.807, 2.05) is 24.4 Å². The average Bonchev–Trinajstić information content (AvgIpc) is 3.05. The van der Waals surface area contributed by atoms with E-state index >= 15 is 0 Å². The van der Waals surface area contributed by atoms with Crippen molar-refractivity contribution < 1.29 is 17.2 Å². The van der Waals surface area contributed by atoms with Crippen molar-refractivity contribution in [1.82, 2.24) is 14.3 Å². The monoisotopic (exact) mass is 375 g/mol. The Morgan fingerprint density at radius 2 is 2.04 bits per heavy atom. The third kappa shape index (κ3) is 2.81.